The number of ether oxygens (including phenoxy) is 1. The molecule has 150 valence electrons. The summed E-state index contributed by atoms with van der Waals surface area (Å²) in [4.78, 5) is 0. The molecule has 0 saturated heterocycles. The van der Waals surface area contributed by atoms with Gasteiger partial charge in [0.15, 0.2) is 0 Å². The highest BCUT2D eigenvalue weighted by Gasteiger charge is 2.35. The van der Waals surface area contributed by atoms with Crippen LogP contribution in [0.4, 0.5) is 8.78 Å². The van der Waals surface area contributed by atoms with Crippen LogP contribution >= 0.6 is 0 Å². The average molecular weight is 385 g/mol. The molecule has 4 unspecified atom stereocenters. The predicted octanol–water partition coefficient (Wildman–Crippen LogP) is 7.67. The Balaban J connectivity index is 1.40. The lowest BCUT2D eigenvalue weighted by atomic mass is 9.63. The molecule has 3 heteroatoms. The van der Waals surface area contributed by atoms with Crippen LogP contribution in [-0.2, 0) is 0 Å². The van der Waals surface area contributed by atoms with Crippen LogP contribution in [0.5, 0.6) is 5.75 Å². The summed E-state index contributed by atoms with van der Waals surface area (Å²) in [5.74, 6) is 3.74. The number of fused-ring (bicyclic) bond motifs is 1. The summed E-state index contributed by atoms with van der Waals surface area (Å²) in [6, 6.07) is 15.7. The third kappa shape index (κ3) is 4.39. The third-order valence-corrected chi connectivity index (χ3v) is 7.09. The van der Waals surface area contributed by atoms with Crippen LogP contribution < -0.4 is 4.74 Å². The first kappa shape index (κ1) is 19.4. The largest absolute Gasteiger partial charge is 0.435 e. The minimum absolute atomic E-state index is 0.199. The normalized spacial score (nSPS) is 27.4. The predicted molar refractivity (Wildman–Crippen MR) is 110 cm³/mol. The molecule has 4 rings (SSSR count). The molecule has 0 bridgehead atoms. The van der Waals surface area contributed by atoms with E-state index in [0.717, 1.165) is 28.9 Å². The molecule has 0 aromatic heterocycles. The van der Waals surface area contributed by atoms with Gasteiger partial charge >= 0.3 is 6.61 Å². The highest BCUT2D eigenvalue weighted by molar-refractivity contribution is 5.64. The van der Waals surface area contributed by atoms with Crippen molar-refractivity contribution < 1.29 is 13.5 Å². The van der Waals surface area contributed by atoms with Crippen LogP contribution in [0.3, 0.4) is 0 Å². The Bertz CT molecular complexity index is 753. The number of hydrogen-bond donors (Lipinski definition) is 0. The molecule has 0 amide bonds. The van der Waals surface area contributed by atoms with Crippen molar-refractivity contribution in [3.8, 4) is 16.9 Å². The molecule has 0 spiro atoms. The summed E-state index contributed by atoms with van der Waals surface area (Å²) in [5, 5.41) is 0. The molecule has 0 aliphatic heterocycles. The Morgan fingerprint density at radius 2 is 1.43 bits per heavy atom. The van der Waals surface area contributed by atoms with E-state index in [1.807, 2.05) is 12.1 Å². The maximum absolute atomic E-state index is 12.3. The van der Waals surface area contributed by atoms with E-state index in [4.69, 9.17) is 0 Å². The third-order valence-electron chi connectivity index (χ3n) is 7.09. The van der Waals surface area contributed by atoms with Crippen LogP contribution in [0.25, 0.3) is 11.1 Å². The first-order chi connectivity index (χ1) is 13.6. The van der Waals surface area contributed by atoms with E-state index in [-0.39, 0.29) is 5.75 Å². The Morgan fingerprint density at radius 3 is 2.07 bits per heavy atom. The molecule has 2 aromatic rings. The van der Waals surface area contributed by atoms with E-state index in [2.05, 4.69) is 35.9 Å². The second-order valence-electron chi connectivity index (χ2n) is 8.64. The topological polar surface area (TPSA) is 9.23 Å². The summed E-state index contributed by atoms with van der Waals surface area (Å²) < 4.78 is 29.0. The quantitative estimate of drug-likeness (QED) is 0.514. The zero-order valence-corrected chi connectivity index (χ0v) is 16.6. The van der Waals surface area contributed by atoms with Gasteiger partial charge in [-0.2, -0.15) is 8.78 Å². The van der Waals surface area contributed by atoms with Crippen molar-refractivity contribution in [2.45, 2.75) is 64.4 Å². The molecule has 0 N–H and O–H groups in total. The highest BCUT2D eigenvalue weighted by Crippen LogP contribution is 2.48. The minimum atomic E-state index is -2.78. The SMILES string of the molecule is CCC1CCC2CC(c3ccc(-c4ccc(OC(F)F)cc4)cc3)CCC2C1. The number of halogens is 2. The Morgan fingerprint density at radius 1 is 0.821 bits per heavy atom. The van der Waals surface area contributed by atoms with Gasteiger partial charge in [0.2, 0.25) is 0 Å². The van der Waals surface area contributed by atoms with Crippen molar-refractivity contribution in [1.82, 2.24) is 0 Å². The molecule has 2 aliphatic rings. The van der Waals surface area contributed by atoms with Crippen LogP contribution in [0.15, 0.2) is 48.5 Å². The minimum Gasteiger partial charge on any atom is -0.435 e. The van der Waals surface area contributed by atoms with Gasteiger partial charge in [0.05, 0.1) is 0 Å². The zero-order valence-electron chi connectivity index (χ0n) is 16.6. The van der Waals surface area contributed by atoms with Crippen LogP contribution in [-0.4, -0.2) is 6.61 Å². The van der Waals surface area contributed by atoms with Gasteiger partial charge in [0, 0.05) is 0 Å². The lowest BCUT2D eigenvalue weighted by Crippen LogP contribution is -2.30. The Kier molecular flexibility index (Phi) is 5.99. The van der Waals surface area contributed by atoms with Crippen molar-refractivity contribution in [3.63, 3.8) is 0 Å². The van der Waals surface area contributed by atoms with Gasteiger partial charge < -0.3 is 4.74 Å². The van der Waals surface area contributed by atoms with Crippen molar-refractivity contribution in [2.24, 2.45) is 17.8 Å². The van der Waals surface area contributed by atoms with Crippen molar-refractivity contribution in [3.05, 3.63) is 54.1 Å². The molecule has 4 atom stereocenters. The summed E-state index contributed by atoms with van der Waals surface area (Å²) in [5.41, 5.74) is 3.59. The number of alkyl halides is 2. The first-order valence-electron chi connectivity index (χ1n) is 10.8. The van der Waals surface area contributed by atoms with Crippen molar-refractivity contribution in [1.29, 1.82) is 0 Å². The summed E-state index contributed by atoms with van der Waals surface area (Å²) in [7, 11) is 0. The summed E-state index contributed by atoms with van der Waals surface area (Å²) in [6.07, 6.45) is 9.71. The molecule has 0 heterocycles. The number of rotatable bonds is 5. The van der Waals surface area contributed by atoms with Crippen molar-refractivity contribution >= 4 is 0 Å². The van der Waals surface area contributed by atoms with E-state index >= 15 is 0 Å². The number of hydrogen-bond acceptors (Lipinski definition) is 1. The molecule has 28 heavy (non-hydrogen) atoms. The van der Waals surface area contributed by atoms with Gasteiger partial charge in [0.25, 0.3) is 0 Å². The molecule has 2 saturated carbocycles. The van der Waals surface area contributed by atoms with E-state index in [1.54, 1.807) is 12.1 Å². The second kappa shape index (κ2) is 8.63. The van der Waals surface area contributed by atoms with Crippen molar-refractivity contribution in [2.75, 3.05) is 0 Å². The second-order valence-corrected chi connectivity index (χ2v) is 8.64. The van der Waals surface area contributed by atoms with Crippen LogP contribution in [0.1, 0.15) is 63.4 Å². The smallest absolute Gasteiger partial charge is 0.387 e. The van der Waals surface area contributed by atoms with E-state index in [0.29, 0.717) is 5.92 Å². The summed E-state index contributed by atoms with van der Waals surface area (Å²) >= 11 is 0. The molecular formula is C25H30F2O. The van der Waals surface area contributed by atoms with Crippen LogP contribution in [0.2, 0.25) is 0 Å². The van der Waals surface area contributed by atoms with Gasteiger partial charge in [-0.05, 0) is 84.6 Å². The fourth-order valence-corrected chi connectivity index (χ4v) is 5.44. The Hall–Kier alpha value is -1.90. The maximum Gasteiger partial charge on any atom is 0.387 e. The Labute approximate surface area is 167 Å². The van der Waals surface area contributed by atoms with Gasteiger partial charge in [0.1, 0.15) is 5.75 Å². The fourth-order valence-electron chi connectivity index (χ4n) is 5.44. The summed E-state index contributed by atoms with van der Waals surface area (Å²) in [6.45, 7) is -0.436. The van der Waals surface area contributed by atoms with E-state index in [9.17, 15) is 8.78 Å². The molecule has 2 aliphatic carbocycles. The lowest BCUT2D eigenvalue weighted by molar-refractivity contribution is -0.0498. The van der Waals surface area contributed by atoms with E-state index in [1.165, 1.54) is 50.5 Å². The zero-order chi connectivity index (χ0) is 19.5. The average Bonchev–Trinajstić information content (AvgIpc) is 2.73. The molecule has 0 radical (unpaired) electrons. The van der Waals surface area contributed by atoms with Gasteiger partial charge in [-0.15, -0.1) is 0 Å². The van der Waals surface area contributed by atoms with E-state index < -0.39 is 6.61 Å². The molecule has 1 nitrogen and oxygen atoms in total. The van der Waals surface area contributed by atoms with Gasteiger partial charge in [-0.25, -0.2) is 0 Å². The highest BCUT2D eigenvalue weighted by atomic mass is 19.3. The fraction of sp³-hybridized carbons (Fsp3) is 0.520. The maximum atomic E-state index is 12.3. The van der Waals surface area contributed by atoms with Gasteiger partial charge in [-0.1, -0.05) is 56.2 Å². The molecule has 2 aromatic carbocycles. The number of benzene rings is 2. The monoisotopic (exact) mass is 384 g/mol. The molecule has 2 fully saturated rings. The first-order valence-corrected chi connectivity index (χ1v) is 10.8. The molecular weight excluding hydrogens is 354 g/mol. The van der Waals surface area contributed by atoms with Crippen LogP contribution in [0, 0.1) is 17.8 Å². The lowest BCUT2D eigenvalue weighted by Gasteiger charge is -2.42. The van der Waals surface area contributed by atoms with Gasteiger partial charge in [-0.3, -0.25) is 0 Å². The standard InChI is InChI=1S/C25H30F2O/c1-2-17-3-4-23-16-22(10-9-21(23)15-17)20-7-5-18(6-8-20)19-11-13-24(14-12-19)28-25(26)27/h5-8,11-14,17,21-23,25H,2-4,9-10,15-16H2,1H3.